The maximum Gasteiger partial charge on any atom is 0.267 e. The summed E-state index contributed by atoms with van der Waals surface area (Å²) in [6.07, 6.45) is 2.13. The Labute approximate surface area is 124 Å². The minimum atomic E-state index is -0.0921. The first-order valence-corrected chi connectivity index (χ1v) is 7.91. The standard InChI is InChI=1S/C14H24N4OS/c1-9-5-7-18(8-6-9)12(19)10-11(15)16-13(20-10)17-14(2,3)4/h9H,5-8,15H2,1-4H3,(H,16,17). The number of aromatic nitrogens is 1. The van der Waals surface area contributed by atoms with E-state index in [4.69, 9.17) is 5.73 Å². The number of carbonyl (C=O) groups is 1. The highest BCUT2D eigenvalue weighted by molar-refractivity contribution is 7.18. The second-order valence-electron chi connectivity index (χ2n) is 6.58. The van der Waals surface area contributed by atoms with Crippen molar-refractivity contribution in [2.45, 2.75) is 46.1 Å². The summed E-state index contributed by atoms with van der Waals surface area (Å²) in [4.78, 5) is 19.2. The van der Waals surface area contributed by atoms with Gasteiger partial charge in [0.25, 0.3) is 5.91 Å². The number of nitrogens with zero attached hydrogens (tertiary/aromatic N) is 2. The van der Waals surface area contributed by atoms with Gasteiger partial charge in [-0.05, 0) is 39.5 Å². The maximum atomic E-state index is 12.5. The normalized spacial score (nSPS) is 17.3. The van der Waals surface area contributed by atoms with Gasteiger partial charge in [-0.1, -0.05) is 18.3 Å². The van der Waals surface area contributed by atoms with Gasteiger partial charge in [0, 0.05) is 18.6 Å². The largest absolute Gasteiger partial charge is 0.382 e. The topological polar surface area (TPSA) is 71.2 Å². The lowest BCUT2D eigenvalue weighted by molar-refractivity contribution is 0.0703. The Bertz CT molecular complexity index is 484. The molecule has 1 fully saturated rings. The third-order valence-electron chi connectivity index (χ3n) is 3.40. The van der Waals surface area contributed by atoms with Crippen molar-refractivity contribution in [3.05, 3.63) is 4.88 Å². The van der Waals surface area contributed by atoms with Crippen LogP contribution in [-0.2, 0) is 0 Å². The minimum absolute atomic E-state index is 0.0221. The molecule has 0 unspecified atom stereocenters. The highest BCUT2D eigenvalue weighted by Crippen LogP contribution is 2.29. The Hall–Kier alpha value is -1.30. The quantitative estimate of drug-likeness (QED) is 0.880. The first-order chi connectivity index (χ1) is 9.26. The summed E-state index contributed by atoms with van der Waals surface area (Å²) in [5.41, 5.74) is 5.81. The van der Waals surface area contributed by atoms with Crippen LogP contribution in [-0.4, -0.2) is 34.4 Å². The van der Waals surface area contributed by atoms with E-state index in [1.807, 2.05) is 4.90 Å². The monoisotopic (exact) mass is 296 g/mol. The molecule has 0 spiro atoms. The van der Waals surface area contributed by atoms with Crippen molar-refractivity contribution in [1.82, 2.24) is 9.88 Å². The molecule has 20 heavy (non-hydrogen) atoms. The van der Waals surface area contributed by atoms with Gasteiger partial charge in [-0.15, -0.1) is 0 Å². The molecule has 112 valence electrons. The molecule has 0 bridgehead atoms. The fraction of sp³-hybridized carbons (Fsp3) is 0.714. The average Bonchev–Trinajstić information content (AvgIpc) is 2.67. The number of carbonyl (C=O) groups excluding carboxylic acids is 1. The van der Waals surface area contributed by atoms with Crippen LogP contribution in [0.15, 0.2) is 0 Å². The molecule has 1 amide bonds. The first-order valence-electron chi connectivity index (χ1n) is 7.10. The van der Waals surface area contributed by atoms with Crippen molar-refractivity contribution >= 4 is 28.2 Å². The average molecular weight is 296 g/mol. The van der Waals surface area contributed by atoms with Crippen LogP contribution in [0, 0.1) is 5.92 Å². The molecule has 0 radical (unpaired) electrons. The van der Waals surface area contributed by atoms with Gasteiger partial charge >= 0.3 is 0 Å². The Balaban J connectivity index is 2.10. The van der Waals surface area contributed by atoms with Crippen LogP contribution in [0.25, 0.3) is 0 Å². The fourth-order valence-electron chi connectivity index (χ4n) is 2.21. The number of anilines is 2. The Morgan fingerprint density at radius 2 is 2.00 bits per heavy atom. The smallest absolute Gasteiger partial charge is 0.267 e. The fourth-order valence-corrected chi connectivity index (χ4v) is 3.28. The molecule has 1 aromatic rings. The molecule has 3 N–H and O–H groups in total. The molecule has 2 heterocycles. The van der Waals surface area contributed by atoms with Crippen LogP contribution >= 0.6 is 11.3 Å². The highest BCUT2D eigenvalue weighted by Gasteiger charge is 2.26. The van der Waals surface area contributed by atoms with E-state index in [-0.39, 0.29) is 11.4 Å². The Kier molecular flexibility index (Phi) is 4.22. The van der Waals surface area contributed by atoms with Crippen LogP contribution in [0.2, 0.25) is 0 Å². The SMILES string of the molecule is CC1CCN(C(=O)c2sc(NC(C)(C)C)nc2N)CC1. The number of hydrogen-bond donors (Lipinski definition) is 2. The number of nitrogens with two attached hydrogens (primary N) is 1. The lowest BCUT2D eigenvalue weighted by Gasteiger charge is -2.29. The van der Waals surface area contributed by atoms with Gasteiger partial charge in [-0.3, -0.25) is 4.79 Å². The summed E-state index contributed by atoms with van der Waals surface area (Å²) in [6, 6.07) is 0. The van der Waals surface area contributed by atoms with Crippen LogP contribution in [0.1, 0.15) is 50.2 Å². The number of hydrogen-bond acceptors (Lipinski definition) is 5. The third kappa shape index (κ3) is 3.62. The van der Waals surface area contributed by atoms with Gasteiger partial charge in [0.05, 0.1) is 0 Å². The highest BCUT2D eigenvalue weighted by atomic mass is 32.1. The van der Waals surface area contributed by atoms with Gasteiger partial charge in [-0.25, -0.2) is 4.98 Å². The number of rotatable bonds is 2. The minimum Gasteiger partial charge on any atom is -0.382 e. The number of likely N-dealkylation sites (tertiary alicyclic amines) is 1. The number of nitrogens with one attached hydrogen (secondary N) is 1. The number of thiazole rings is 1. The summed E-state index contributed by atoms with van der Waals surface area (Å²) < 4.78 is 0. The predicted octanol–water partition coefficient (Wildman–Crippen LogP) is 2.81. The number of nitrogen functional groups attached to an aromatic ring is 1. The molecule has 6 heteroatoms. The molecular weight excluding hydrogens is 272 g/mol. The lowest BCUT2D eigenvalue weighted by Crippen LogP contribution is -2.37. The number of amides is 1. The zero-order valence-electron chi connectivity index (χ0n) is 12.7. The van der Waals surface area contributed by atoms with E-state index in [9.17, 15) is 4.79 Å². The molecule has 0 aliphatic carbocycles. The zero-order valence-corrected chi connectivity index (χ0v) is 13.5. The first kappa shape index (κ1) is 15.1. The maximum absolute atomic E-state index is 12.5. The van der Waals surface area contributed by atoms with E-state index in [0.717, 1.165) is 25.9 Å². The van der Waals surface area contributed by atoms with Crippen molar-refractivity contribution < 1.29 is 4.79 Å². The van der Waals surface area contributed by atoms with Crippen molar-refractivity contribution in [1.29, 1.82) is 0 Å². The Morgan fingerprint density at radius 3 is 2.55 bits per heavy atom. The van der Waals surface area contributed by atoms with Crippen molar-refractivity contribution in [2.24, 2.45) is 5.92 Å². The molecule has 0 saturated carbocycles. The van der Waals surface area contributed by atoms with E-state index in [1.54, 1.807) is 0 Å². The molecular formula is C14H24N4OS. The predicted molar refractivity (Wildman–Crippen MR) is 84.2 cm³/mol. The van der Waals surface area contributed by atoms with E-state index in [2.05, 4.69) is 38.0 Å². The molecule has 2 rings (SSSR count). The summed E-state index contributed by atoms with van der Waals surface area (Å²) in [7, 11) is 0. The van der Waals surface area contributed by atoms with E-state index < -0.39 is 0 Å². The van der Waals surface area contributed by atoms with Crippen LogP contribution in [0.3, 0.4) is 0 Å². The molecule has 1 saturated heterocycles. The molecule has 1 aliphatic rings. The van der Waals surface area contributed by atoms with Gasteiger partial charge in [-0.2, -0.15) is 0 Å². The molecule has 1 aromatic heterocycles. The van der Waals surface area contributed by atoms with Crippen LogP contribution < -0.4 is 11.1 Å². The van der Waals surface area contributed by atoms with Gasteiger partial charge in [0.1, 0.15) is 10.7 Å². The second-order valence-corrected chi connectivity index (χ2v) is 7.58. The second kappa shape index (κ2) is 5.60. The van der Waals surface area contributed by atoms with E-state index >= 15 is 0 Å². The van der Waals surface area contributed by atoms with E-state index in [1.165, 1.54) is 11.3 Å². The molecule has 0 atom stereocenters. The summed E-state index contributed by atoms with van der Waals surface area (Å²) >= 11 is 1.35. The summed E-state index contributed by atoms with van der Waals surface area (Å²) in [5, 5.41) is 3.98. The van der Waals surface area contributed by atoms with Crippen LogP contribution in [0.4, 0.5) is 10.9 Å². The van der Waals surface area contributed by atoms with E-state index in [0.29, 0.717) is 21.7 Å². The van der Waals surface area contributed by atoms with Crippen LogP contribution in [0.5, 0.6) is 0 Å². The molecule has 1 aliphatic heterocycles. The summed E-state index contributed by atoms with van der Waals surface area (Å²) in [6.45, 7) is 10.0. The van der Waals surface area contributed by atoms with Gasteiger partial charge < -0.3 is 16.0 Å². The number of piperidine rings is 1. The third-order valence-corrected chi connectivity index (χ3v) is 4.37. The Morgan fingerprint density at radius 1 is 1.40 bits per heavy atom. The van der Waals surface area contributed by atoms with Crippen molar-refractivity contribution in [3.63, 3.8) is 0 Å². The summed E-state index contributed by atoms with van der Waals surface area (Å²) in [5.74, 6) is 1.07. The van der Waals surface area contributed by atoms with Crippen molar-refractivity contribution in [3.8, 4) is 0 Å². The van der Waals surface area contributed by atoms with Gasteiger partial charge in [0.2, 0.25) is 0 Å². The lowest BCUT2D eigenvalue weighted by atomic mass is 9.99. The zero-order chi connectivity index (χ0) is 14.9. The van der Waals surface area contributed by atoms with Gasteiger partial charge in [0.15, 0.2) is 5.13 Å². The van der Waals surface area contributed by atoms with Crippen molar-refractivity contribution in [2.75, 3.05) is 24.1 Å². The molecule has 0 aromatic carbocycles. The molecule has 5 nitrogen and oxygen atoms in total.